The highest BCUT2D eigenvalue weighted by atomic mass is 16.3. The van der Waals surface area contributed by atoms with Gasteiger partial charge in [0.05, 0.1) is 25.8 Å². The number of anilines is 3. The predicted octanol–water partition coefficient (Wildman–Crippen LogP) is 14.1. The Morgan fingerprint density at radius 1 is 0.412 bits per heavy atom. The highest BCUT2D eigenvalue weighted by Gasteiger charge is 2.09. The molecule has 85 heavy (non-hydrogen) atoms. The smallest absolute Gasteiger partial charge is 0.265 e. The van der Waals surface area contributed by atoms with Crippen LogP contribution >= 0.6 is 0 Å². The van der Waals surface area contributed by atoms with E-state index in [0.29, 0.717) is 24.9 Å². The summed E-state index contributed by atoms with van der Waals surface area (Å²) >= 11 is 0. The van der Waals surface area contributed by atoms with Gasteiger partial charge in [-0.2, -0.15) is 10.4 Å². The third kappa shape index (κ3) is 36.7. The van der Waals surface area contributed by atoms with Gasteiger partial charge >= 0.3 is 0 Å². The first kappa shape index (κ1) is 73.5. The molecule has 0 aliphatic heterocycles. The minimum atomic E-state index is -0.278. The first-order valence-electron chi connectivity index (χ1n) is 32.9. The molecule has 6 rings (SSSR count). The molecule has 0 saturated carbocycles. The minimum Gasteiger partial charge on any atom is -0.396 e. The van der Waals surface area contributed by atoms with Crippen LogP contribution in [0.2, 0.25) is 0 Å². The van der Waals surface area contributed by atoms with Crippen LogP contribution in [0.5, 0.6) is 0 Å². The van der Waals surface area contributed by atoms with Crippen molar-refractivity contribution >= 4 is 17.3 Å². The number of hydrogen-bond donors (Lipinski definition) is 9. The molecular formula is C69H114N12O4. The fourth-order valence-electron chi connectivity index (χ4n) is 9.72. The molecule has 6 aromatic rings. The van der Waals surface area contributed by atoms with Crippen LogP contribution in [0.4, 0.5) is 17.3 Å². The molecular weight excluding hydrogens is 1060 g/mol. The van der Waals surface area contributed by atoms with Crippen molar-refractivity contribution in [3.8, 4) is 0 Å². The molecule has 474 valence electrons. The summed E-state index contributed by atoms with van der Waals surface area (Å²) in [5, 5.41) is 73.5. The Hall–Kier alpha value is -5.78. The number of nitrogens with zero attached hydrogens (tertiary/aromatic N) is 7. The van der Waals surface area contributed by atoms with Crippen molar-refractivity contribution in [3.63, 3.8) is 0 Å². The van der Waals surface area contributed by atoms with Gasteiger partial charge in [-0.1, -0.05) is 239 Å². The third-order valence-corrected chi connectivity index (χ3v) is 15.3. The average molecular weight is 1180 g/mol. The number of aliphatic hydroxyl groups is 4. The van der Waals surface area contributed by atoms with Gasteiger partial charge < -0.3 is 41.3 Å². The molecule has 0 bridgehead atoms. The molecule has 4 aromatic carbocycles. The quantitative estimate of drug-likeness (QED) is 0.0162. The normalized spacial score (nSPS) is 11.0. The first-order chi connectivity index (χ1) is 41.8. The topological polar surface area (TPSA) is 229 Å². The van der Waals surface area contributed by atoms with Gasteiger partial charge in [0.15, 0.2) is 5.82 Å². The van der Waals surface area contributed by atoms with E-state index in [2.05, 4.69) is 170 Å². The Balaban J connectivity index is 0.000000297. The van der Waals surface area contributed by atoms with Gasteiger partial charge in [0, 0.05) is 57.2 Å². The lowest BCUT2D eigenvalue weighted by Crippen LogP contribution is -2.27. The largest absolute Gasteiger partial charge is 0.396 e. The first-order valence-corrected chi connectivity index (χ1v) is 32.9. The van der Waals surface area contributed by atoms with Crippen molar-refractivity contribution in [2.45, 2.75) is 233 Å². The maximum atomic E-state index is 9.02. The Morgan fingerprint density at radius 3 is 1.18 bits per heavy atom. The number of benzene rings is 4. The van der Waals surface area contributed by atoms with Crippen molar-refractivity contribution in [2.75, 3.05) is 55.6 Å². The van der Waals surface area contributed by atoms with Gasteiger partial charge in [-0.3, -0.25) is 0 Å². The molecule has 2 heterocycles. The van der Waals surface area contributed by atoms with E-state index in [4.69, 9.17) is 20.4 Å². The highest BCUT2D eigenvalue weighted by molar-refractivity contribution is 5.46. The summed E-state index contributed by atoms with van der Waals surface area (Å²) in [4.78, 5) is 1.98. The number of hydrogen-bond acceptors (Lipinski definition) is 14. The van der Waals surface area contributed by atoms with E-state index in [9.17, 15) is 0 Å². The lowest BCUT2D eigenvalue weighted by molar-refractivity contribution is 0.148. The Bertz CT molecular complexity index is 2350. The van der Waals surface area contributed by atoms with Gasteiger partial charge in [-0.15, -0.1) is 15.3 Å². The van der Waals surface area contributed by atoms with Gasteiger partial charge in [0.25, 0.3) is 5.95 Å². The van der Waals surface area contributed by atoms with Gasteiger partial charge in [0.2, 0.25) is 0 Å². The van der Waals surface area contributed by atoms with Crippen LogP contribution in [-0.4, -0.2) is 108 Å². The van der Waals surface area contributed by atoms with Gasteiger partial charge in [-0.05, 0) is 114 Å². The van der Waals surface area contributed by atoms with Crippen molar-refractivity contribution in [2.24, 2.45) is 5.92 Å². The van der Waals surface area contributed by atoms with Crippen LogP contribution in [0.3, 0.4) is 0 Å². The van der Waals surface area contributed by atoms with E-state index >= 15 is 0 Å². The molecule has 0 aliphatic carbocycles. The van der Waals surface area contributed by atoms with Crippen LogP contribution in [-0.2, 0) is 45.3 Å². The Morgan fingerprint density at radius 2 is 0.788 bits per heavy atom. The Labute approximate surface area is 513 Å². The van der Waals surface area contributed by atoms with Crippen molar-refractivity contribution < 1.29 is 20.4 Å². The standard InChI is InChI=1S/C19H33NO2.C17H27N5.C17H29NO2.C16H25N5/c1-2-3-4-5-6-7-8-17-9-11-18(12-10-17)13-20-14-19(15-21)16-22;1-3-4-5-6-7-8-9-15-10-12-16(13-11-15)14-22(2)17-18-20-21-19-17;1-2-3-4-5-6-7-8-15-9-11-16(12-10-15)18-17(13-19)14-20;1-2-3-4-5-6-7-8-14-9-11-15(12-10-14)17-13-16-18-20-21-19-16/h9-12,19-22H,2-8,13-16H2,1H3;10-13H,3-9,14H2,1-2H3,(H,18,19,20,21);9-12,17-20H,2-8,13-14H2,1H3;9-12,17H,2-8,13H2,1H3,(H,18,19,20,21). The fourth-order valence-corrected chi connectivity index (χ4v) is 9.72. The van der Waals surface area contributed by atoms with Crippen molar-refractivity contribution in [3.05, 3.63) is 136 Å². The summed E-state index contributed by atoms with van der Waals surface area (Å²) in [7, 11) is 1.97. The molecule has 0 atom stereocenters. The maximum absolute atomic E-state index is 9.02. The molecule has 0 radical (unpaired) electrons. The molecule has 16 heteroatoms. The number of aromatic amines is 2. The molecule has 2 aromatic heterocycles. The molecule has 0 aliphatic rings. The highest BCUT2D eigenvalue weighted by Crippen LogP contribution is 2.18. The second-order valence-electron chi connectivity index (χ2n) is 22.9. The fraction of sp³-hybridized carbons (Fsp3) is 0.623. The lowest BCUT2D eigenvalue weighted by Gasteiger charge is -2.15. The minimum absolute atomic E-state index is 0.0285. The molecule has 0 fully saturated rings. The third-order valence-electron chi connectivity index (χ3n) is 15.3. The summed E-state index contributed by atoms with van der Waals surface area (Å²) in [6, 6.07) is 34.3. The van der Waals surface area contributed by atoms with E-state index in [1.165, 1.54) is 207 Å². The predicted molar refractivity (Wildman–Crippen MR) is 353 cm³/mol. The van der Waals surface area contributed by atoms with Crippen LogP contribution in [0.25, 0.3) is 0 Å². The van der Waals surface area contributed by atoms with Crippen molar-refractivity contribution in [1.29, 1.82) is 0 Å². The van der Waals surface area contributed by atoms with E-state index in [-0.39, 0.29) is 38.4 Å². The SMILES string of the molecule is CCCCCCCCc1ccc(CN(C)c2nn[nH]n2)cc1.CCCCCCCCc1ccc(CNCC(CO)CO)cc1.CCCCCCCCc1ccc(NC(CO)CO)cc1.CCCCCCCCc1ccc(NCc2nn[nH]n2)cc1. The number of aliphatic hydroxyl groups excluding tert-OH is 4. The van der Waals surface area contributed by atoms with E-state index in [0.717, 1.165) is 30.9 Å². The molecule has 0 spiro atoms. The number of unbranched alkanes of at least 4 members (excludes halogenated alkanes) is 20. The second kappa shape index (κ2) is 50.4. The molecule has 0 saturated heterocycles. The van der Waals surface area contributed by atoms with E-state index < -0.39 is 0 Å². The molecule has 0 amide bonds. The van der Waals surface area contributed by atoms with Crippen LogP contribution in [0.1, 0.15) is 221 Å². The number of aromatic nitrogens is 8. The summed E-state index contributed by atoms with van der Waals surface area (Å²) in [6.45, 7) is 11.8. The van der Waals surface area contributed by atoms with Crippen molar-refractivity contribution in [1.82, 2.24) is 46.6 Å². The zero-order valence-corrected chi connectivity index (χ0v) is 53.3. The van der Waals surface area contributed by atoms with Crippen LogP contribution in [0.15, 0.2) is 97.1 Å². The number of aryl methyl sites for hydroxylation is 4. The number of rotatable bonds is 44. The molecule has 9 N–H and O–H groups in total. The number of H-pyrrole nitrogens is 2. The number of tetrazole rings is 2. The van der Waals surface area contributed by atoms with E-state index in [1.807, 2.05) is 24.1 Å². The lowest BCUT2D eigenvalue weighted by atomic mass is 10.0. The zero-order chi connectivity index (χ0) is 61.1. The van der Waals surface area contributed by atoms with Crippen LogP contribution < -0.4 is 20.9 Å². The summed E-state index contributed by atoms with van der Waals surface area (Å²) < 4.78 is 0. The monoisotopic (exact) mass is 1170 g/mol. The summed E-state index contributed by atoms with van der Waals surface area (Å²) in [5.74, 6) is 1.23. The maximum Gasteiger partial charge on any atom is 0.265 e. The van der Waals surface area contributed by atoms with Crippen LogP contribution in [0, 0.1) is 5.92 Å². The van der Waals surface area contributed by atoms with E-state index in [1.54, 1.807) is 0 Å². The number of nitrogens with one attached hydrogen (secondary N) is 5. The van der Waals surface area contributed by atoms with Gasteiger partial charge in [-0.25, -0.2) is 0 Å². The zero-order valence-electron chi connectivity index (χ0n) is 53.3. The Kier molecular flexibility index (Phi) is 43.5. The second-order valence-corrected chi connectivity index (χ2v) is 22.9. The molecule has 0 unspecified atom stereocenters. The summed E-state index contributed by atoms with van der Waals surface area (Å²) in [5.41, 5.74) is 10.2. The summed E-state index contributed by atoms with van der Waals surface area (Å²) in [6.07, 6.45) is 36.9. The molecule has 16 nitrogen and oxygen atoms in total. The average Bonchev–Trinajstić information content (AvgIpc) is 4.35. The van der Waals surface area contributed by atoms with Gasteiger partial charge in [0.1, 0.15) is 0 Å².